The minimum atomic E-state index is -0.725. The van der Waals surface area contributed by atoms with Crippen molar-refractivity contribution in [2.45, 2.75) is 0 Å². The first-order valence-corrected chi connectivity index (χ1v) is 7.88. The number of hydrogen-bond donors (Lipinski definition) is 1. The Hall–Kier alpha value is -2.93. The number of halogens is 1. The molecule has 0 atom stereocenters. The number of nitrogens with one attached hydrogen (secondary N) is 1. The van der Waals surface area contributed by atoms with E-state index in [-0.39, 0.29) is 5.56 Å². The highest BCUT2D eigenvalue weighted by atomic mass is 35.5. The van der Waals surface area contributed by atoms with Gasteiger partial charge in [0.2, 0.25) is 0 Å². The van der Waals surface area contributed by atoms with Gasteiger partial charge in [-0.05, 0) is 30.3 Å². The van der Waals surface area contributed by atoms with Gasteiger partial charge in [0, 0.05) is 11.1 Å². The predicted octanol–water partition coefficient (Wildman–Crippen LogP) is 3.16. The lowest BCUT2D eigenvalue weighted by molar-refractivity contribution is -0.119. The van der Waals surface area contributed by atoms with E-state index < -0.39 is 18.5 Å². The molecule has 8 heteroatoms. The molecule has 1 N–H and O–H groups in total. The van der Waals surface area contributed by atoms with Gasteiger partial charge in [-0.15, -0.1) is 0 Å². The van der Waals surface area contributed by atoms with Crippen LogP contribution in [0.25, 0.3) is 0 Å². The van der Waals surface area contributed by atoms with E-state index in [1.807, 2.05) is 0 Å². The topological polar surface area (TPSA) is 83.1 Å². The van der Waals surface area contributed by atoms with Crippen LogP contribution in [0.5, 0.6) is 17.2 Å². The van der Waals surface area contributed by atoms with Crippen LogP contribution in [0.2, 0.25) is 5.02 Å². The maximum atomic E-state index is 12.2. The normalized spacial score (nSPS) is 10.0. The third-order valence-electron chi connectivity index (χ3n) is 3.40. The molecule has 0 saturated carbocycles. The van der Waals surface area contributed by atoms with Gasteiger partial charge in [0.05, 0.1) is 27.0 Å². The SMILES string of the molecule is COc1ccc(OC)c(NC(=O)COC(=O)c2cc(Cl)ccc2OC)c1. The van der Waals surface area contributed by atoms with Crippen molar-refractivity contribution in [1.29, 1.82) is 0 Å². The Morgan fingerprint density at radius 1 is 0.962 bits per heavy atom. The lowest BCUT2D eigenvalue weighted by Gasteiger charge is -2.12. The first-order chi connectivity index (χ1) is 12.5. The van der Waals surface area contributed by atoms with Crippen molar-refractivity contribution in [1.82, 2.24) is 0 Å². The monoisotopic (exact) mass is 379 g/mol. The van der Waals surface area contributed by atoms with Crippen LogP contribution in [-0.4, -0.2) is 39.8 Å². The van der Waals surface area contributed by atoms with E-state index in [9.17, 15) is 9.59 Å². The summed E-state index contributed by atoms with van der Waals surface area (Å²) in [6.45, 7) is -0.491. The highest BCUT2D eigenvalue weighted by Crippen LogP contribution is 2.29. The van der Waals surface area contributed by atoms with Crippen LogP contribution in [0.15, 0.2) is 36.4 Å². The van der Waals surface area contributed by atoms with Crippen molar-refractivity contribution in [3.63, 3.8) is 0 Å². The second-order valence-electron chi connectivity index (χ2n) is 5.04. The van der Waals surface area contributed by atoms with Crippen molar-refractivity contribution in [3.05, 3.63) is 47.0 Å². The number of methoxy groups -OCH3 is 3. The molecule has 138 valence electrons. The van der Waals surface area contributed by atoms with Gasteiger partial charge in [0.1, 0.15) is 22.8 Å². The molecule has 1 amide bonds. The largest absolute Gasteiger partial charge is 0.497 e. The number of amides is 1. The summed E-state index contributed by atoms with van der Waals surface area (Å²) in [6, 6.07) is 9.47. The Morgan fingerprint density at radius 2 is 1.65 bits per heavy atom. The van der Waals surface area contributed by atoms with E-state index in [0.717, 1.165) is 0 Å². The Morgan fingerprint density at radius 3 is 2.31 bits per heavy atom. The third-order valence-corrected chi connectivity index (χ3v) is 3.63. The summed E-state index contributed by atoms with van der Waals surface area (Å²) in [6.07, 6.45) is 0. The molecule has 0 saturated heterocycles. The van der Waals surface area contributed by atoms with Gasteiger partial charge < -0.3 is 24.3 Å². The maximum Gasteiger partial charge on any atom is 0.342 e. The van der Waals surface area contributed by atoms with Crippen LogP contribution in [0.1, 0.15) is 10.4 Å². The number of hydrogen-bond acceptors (Lipinski definition) is 6. The van der Waals surface area contributed by atoms with E-state index in [1.54, 1.807) is 30.3 Å². The number of rotatable bonds is 7. The molecule has 2 aromatic rings. The molecule has 2 aromatic carbocycles. The van der Waals surface area contributed by atoms with E-state index in [2.05, 4.69) is 5.32 Å². The van der Waals surface area contributed by atoms with Gasteiger partial charge in [0.15, 0.2) is 6.61 Å². The van der Waals surface area contributed by atoms with E-state index >= 15 is 0 Å². The Balaban J connectivity index is 2.03. The fourth-order valence-corrected chi connectivity index (χ4v) is 2.32. The molecule has 0 heterocycles. The van der Waals surface area contributed by atoms with Gasteiger partial charge >= 0.3 is 5.97 Å². The molecule has 0 unspecified atom stereocenters. The minimum absolute atomic E-state index is 0.131. The Bertz CT molecular complexity index is 808. The summed E-state index contributed by atoms with van der Waals surface area (Å²) in [5, 5.41) is 2.95. The molecule has 0 bridgehead atoms. The Kier molecular flexibility index (Phi) is 6.68. The number of anilines is 1. The average Bonchev–Trinajstić information content (AvgIpc) is 2.65. The molecular formula is C18H18ClNO6. The molecule has 26 heavy (non-hydrogen) atoms. The van der Waals surface area contributed by atoms with Gasteiger partial charge in [0.25, 0.3) is 5.91 Å². The fourth-order valence-electron chi connectivity index (χ4n) is 2.15. The predicted molar refractivity (Wildman–Crippen MR) is 96.5 cm³/mol. The van der Waals surface area contributed by atoms with Crippen molar-refractivity contribution in [3.8, 4) is 17.2 Å². The van der Waals surface area contributed by atoms with Crippen molar-refractivity contribution < 1.29 is 28.5 Å². The fraction of sp³-hybridized carbons (Fsp3) is 0.222. The van der Waals surface area contributed by atoms with Crippen molar-refractivity contribution in [2.75, 3.05) is 33.3 Å². The van der Waals surface area contributed by atoms with Crippen LogP contribution in [0.3, 0.4) is 0 Å². The first kappa shape index (κ1) is 19.4. The van der Waals surface area contributed by atoms with Crippen LogP contribution in [0, 0.1) is 0 Å². The summed E-state index contributed by atoms with van der Waals surface area (Å²) >= 11 is 5.88. The molecule has 0 radical (unpaired) electrons. The molecule has 7 nitrogen and oxygen atoms in total. The van der Waals surface area contributed by atoms with Gasteiger partial charge in [-0.3, -0.25) is 4.79 Å². The standard InChI is InChI=1S/C18H18ClNO6/c1-23-12-5-7-16(25-3)14(9-12)20-17(21)10-26-18(22)13-8-11(19)4-6-15(13)24-2/h4-9H,10H2,1-3H3,(H,20,21). The lowest BCUT2D eigenvalue weighted by Crippen LogP contribution is -2.21. The highest BCUT2D eigenvalue weighted by Gasteiger charge is 2.17. The second-order valence-corrected chi connectivity index (χ2v) is 5.47. The summed E-state index contributed by atoms with van der Waals surface area (Å²) in [7, 11) is 4.40. The summed E-state index contributed by atoms with van der Waals surface area (Å²) in [5.41, 5.74) is 0.528. The van der Waals surface area contributed by atoms with E-state index in [1.165, 1.54) is 27.4 Å². The van der Waals surface area contributed by atoms with Crippen molar-refractivity contribution in [2.24, 2.45) is 0 Å². The smallest absolute Gasteiger partial charge is 0.342 e. The van der Waals surface area contributed by atoms with Crippen molar-refractivity contribution >= 4 is 29.2 Å². The zero-order valence-corrected chi connectivity index (χ0v) is 15.3. The maximum absolute atomic E-state index is 12.2. The number of esters is 1. The molecule has 0 aromatic heterocycles. The van der Waals surface area contributed by atoms with Gasteiger partial charge in [-0.25, -0.2) is 4.79 Å². The van der Waals surface area contributed by atoms with Gasteiger partial charge in [-0.1, -0.05) is 11.6 Å². The van der Waals surface area contributed by atoms with Crippen LogP contribution in [0.4, 0.5) is 5.69 Å². The van der Waals surface area contributed by atoms with E-state index in [4.69, 9.17) is 30.5 Å². The summed E-state index contributed by atoms with van der Waals surface area (Å²) in [5.74, 6) is 0.0287. The summed E-state index contributed by atoms with van der Waals surface area (Å²) in [4.78, 5) is 24.3. The number of carbonyl (C=O) groups excluding carboxylic acids is 2. The zero-order chi connectivity index (χ0) is 19.1. The highest BCUT2D eigenvalue weighted by molar-refractivity contribution is 6.31. The molecular weight excluding hydrogens is 362 g/mol. The second kappa shape index (κ2) is 8.96. The quantitative estimate of drug-likeness (QED) is 0.744. The zero-order valence-electron chi connectivity index (χ0n) is 14.5. The molecule has 2 rings (SSSR count). The molecule has 0 spiro atoms. The lowest BCUT2D eigenvalue weighted by atomic mass is 10.2. The van der Waals surface area contributed by atoms with Gasteiger partial charge in [-0.2, -0.15) is 0 Å². The number of benzene rings is 2. The average molecular weight is 380 g/mol. The minimum Gasteiger partial charge on any atom is -0.497 e. The molecule has 0 fully saturated rings. The number of carbonyl (C=O) groups is 2. The molecule has 0 aliphatic heterocycles. The molecule has 0 aliphatic carbocycles. The Labute approximate surface area is 155 Å². The van der Waals surface area contributed by atoms with E-state index in [0.29, 0.717) is 28.0 Å². The van der Waals surface area contributed by atoms with Crippen LogP contribution in [-0.2, 0) is 9.53 Å². The summed E-state index contributed by atoms with van der Waals surface area (Å²) < 4.78 is 20.4. The van der Waals surface area contributed by atoms with Crippen LogP contribution < -0.4 is 19.5 Å². The first-order valence-electron chi connectivity index (χ1n) is 7.51. The van der Waals surface area contributed by atoms with Crippen LogP contribution >= 0.6 is 11.6 Å². The number of ether oxygens (including phenoxy) is 4. The third kappa shape index (κ3) is 4.80. The molecule has 0 aliphatic rings.